The molecule has 1 heterocycles. The molecule has 124 valence electrons. The number of hydrogen-bond donors (Lipinski definition) is 4. The summed E-state index contributed by atoms with van der Waals surface area (Å²) in [5.74, 6) is -0.766. The fourth-order valence-electron chi connectivity index (χ4n) is 2.41. The van der Waals surface area contributed by atoms with Crippen molar-refractivity contribution in [2.45, 2.75) is 0 Å². The van der Waals surface area contributed by atoms with E-state index in [-0.39, 0.29) is 34.9 Å². The number of pyridine rings is 1. The van der Waals surface area contributed by atoms with E-state index in [2.05, 4.69) is 4.98 Å². The summed E-state index contributed by atoms with van der Waals surface area (Å²) in [7, 11) is 0. The lowest BCUT2D eigenvalue weighted by molar-refractivity contribution is 0.262. The molecule has 0 unspecified atom stereocenters. The molecule has 0 spiro atoms. The Balaban J connectivity index is 2.17. The van der Waals surface area contributed by atoms with Gasteiger partial charge >= 0.3 is 0 Å². The minimum absolute atomic E-state index is 0.0382. The topological polar surface area (TPSA) is 103 Å². The normalized spacial score (nSPS) is 10.9. The van der Waals surface area contributed by atoms with Gasteiger partial charge in [0.25, 0.3) is 0 Å². The van der Waals surface area contributed by atoms with Crippen LogP contribution in [-0.2, 0) is 0 Å². The molecule has 3 aromatic rings. The Hall–Kier alpha value is -3.22. The molecule has 0 amide bonds. The Bertz CT molecular complexity index is 967. The van der Waals surface area contributed by atoms with Gasteiger partial charge in [0.05, 0.1) is 16.6 Å². The molecule has 7 heteroatoms. The summed E-state index contributed by atoms with van der Waals surface area (Å²) in [6, 6.07) is 8.37. The van der Waals surface area contributed by atoms with Gasteiger partial charge in [-0.3, -0.25) is 4.79 Å². The second-order valence-corrected chi connectivity index (χ2v) is 5.13. The zero-order valence-electron chi connectivity index (χ0n) is 12.4. The van der Waals surface area contributed by atoms with Crippen molar-refractivity contribution < 1.29 is 24.4 Å². The van der Waals surface area contributed by atoms with E-state index in [0.717, 1.165) is 0 Å². The van der Waals surface area contributed by atoms with Crippen LogP contribution in [0.15, 0.2) is 41.2 Å². The predicted molar refractivity (Wildman–Crippen MR) is 86.5 cm³/mol. The van der Waals surface area contributed by atoms with Crippen LogP contribution in [-0.4, -0.2) is 33.6 Å². The summed E-state index contributed by atoms with van der Waals surface area (Å²) in [6.07, 6.45) is 0. The van der Waals surface area contributed by atoms with Gasteiger partial charge in [-0.2, -0.15) is 0 Å². The van der Waals surface area contributed by atoms with Crippen LogP contribution in [0, 0.1) is 0 Å². The van der Waals surface area contributed by atoms with Crippen molar-refractivity contribution in [1.29, 1.82) is 0 Å². The molecule has 0 aliphatic rings. The maximum Gasteiger partial charge on any atom is 0.231 e. The number of ether oxygens (including phenoxy) is 1. The SMILES string of the molecule is O=c1c(O)c(-c2ccc(O)c(OCCF)c2)[nH]c2ccc(O)cc12. The maximum atomic E-state index is 12.3. The number of phenols is 2. The van der Waals surface area contributed by atoms with E-state index in [4.69, 9.17) is 4.74 Å². The minimum Gasteiger partial charge on any atom is -0.508 e. The first-order valence-corrected chi connectivity index (χ1v) is 7.11. The molecule has 6 nitrogen and oxygen atoms in total. The zero-order valence-corrected chi connectivity index (χ0v) is 12.4. The molecule has 0 bridgehead atoms. The quantitative estimate of drug-likeness (QED) is 0.588. The molecule has 0 aliphatic heterocycles. The van der Waals surface area contributed by atoms with Gasteiger partial charge in [-0.25, -0.2) is 4.39 Å². The number of hydrogen-bond acceptors (Lipinski definition) is 5. The lowest BCUT2D eigenvalue weighted by atomic mass is 10.1. The lowest BCUT2D eigenvalue weighted by Crippen LogP contribution is -2.05. The van der Waals surface area contributed by atoms with Crippen molar-refractivity contribution in [1.82, 2.24) is 4.98 Å². The minimum atomic E-state index is -0.717. The highest BCUT2D eigenvalue weighted by atomic mass is 19.1. The summed E-state index contributed by atoms with van der Waals surface area (Å²) >= 11 is 0. The number of aromatic amines is 1. The molecule has 0 saturated carbocycles. The van der Waals surface area contributed by atoms with E-state index in [1.807, 2.05) is 0 Å². The molecule has 4 N–H and O–H groups in total. The van der Waals surface area contributed by atoms with Crippen LogP contribution in [0.4, 0.5) is 4.39 Å². The van der Waals surface area contributed by atoms with Gasteiger partial charge in [0.1, 0.15) is 19.0 Å². The lowest BCUT2D eigenvalue weighted by Gasteiger charge is -2.11. The fourth-order valence-corrected chi connectivity index (χ4v) is 2.41. The number of phenolic OH excluding ortho intramolecular Hbond substituents is 2. The highest BCUT2D eigenvalue weighted by molar-refractivity contribution is 5.86. The number of H-pyrrole nitrogens is 1. The van der Waals surface area contributed by atoms with E-state index in [9.17, 15) is 24.5 Å². The first-order chi connectivity index (χ1) is 11.5. The Kier molecular flexibility index (Phi) is 3.99. The molecule has 1 aromatic heterocycles. The summed E-state index contributed by atoms with van der Waals surface area (Å²) in [6.45, 7) is -0.943. The third kappa shape index (κ3) is 2.71. The molecule has 3 rings (SSSR count). The first kappa shape index (κ1) is 15.7. The standard InChI is InChI=1S/C17H14FNO5/c18-5-6-24-14-7-9(1-4-13(14)21)15-17(23)16(22)11-8-10(20)2-3-12(11)19-15/h1-4,7-8,20-21,23H,5-6H2,(H,19,22). The smallest absolute Gasteiger partial charge is 0.231 e. The van der Waals surface area contributed by atoms with Crippen LogP contribution in [0.2, 0.25) is 0 Å². The predicted octanol–water partition coefficient (Wildman–Crippen LogP) is 2.66. The van der Waals surface area contributed by atoms with Crippen LogP contribution in [0.5, 0.6) is 23.0 Å². The maximum absolute atomic E-state index is 12.3. The van der Waals surface area contributed by atoms with E-state index < -0.39 is 17.9 Å². The Labute approximate surface area is 135 Å². The highest BCUT2D eigenvalue weighted by Gasteiger charge is 2.15. The van der Waals surface area contributed by atoms with Crippen LogP contribution < -0.4 is 10.2 Å². The Morgan fingerprint density at radius 1 is 1.08 bits per heavy atom. The summed E-state index contributed by atoms with van der Waals surface area (Å²) in [5, 5.41) is 29.5. The van der Waals surface area contributed by atoms with Crippen molar-refractivity contribution in [3.8, 4) is 34.3 Å². The average molecular weight is 331 g/mol. The number of rotatable bonds is 4. The fraction of sp³-hybridized carbons (Fsp3) is 0.118. The Morgan fingerprint density at radius 3 is 2.62 bits per heavy atom. The van der Waals surface area contributed by atoms with Crippen molar-refractivity contribution in [3.05, 3.63) is 46.6 Å². The molecule has 2 aromatic carbocycles. The monoisotopic (exact) mass is 331 g/mol. The Morgan fingerprint density at radius 2 is 1.88 bits per heavy atom. The molecule has 0 atom stereocenters. The summed E-state index contributed by atoms with van der Waals surface area (Å²) in [5.41, 5.74) is 0.286. The van der Waals surface area contributed by atoms with Gasteiger partial charge in [-0.1, -0.05) is 0 Å². The summed E-state index contributed by atoms with van der Waals surface area (Å²) < 4.78 is 17.3. The third-order valence-corrected chi connectivity index (χ3v) is 3.54. The molecular weight excluding hydrogens is 317 g/mol. The van der Waals surface area contributed by atoms with Gasteiger partial charge in [0, 0.05) is 5.56 Å². The van der Waals surface area contributed by atoms with Crippen LogP contribution >= 0.6 is 0 Å². The van der Waals surface area contributed by atoms with Crippen LogP contribution in [0.1, 0.15) is 0 Å². The summed E-state index contributed by atoms with van der Waals surface area (Å²) in [4.78, 5) is 15.2. The molecule has 0 fully saturated rings. The molecule has 0 saturated heterocycles. The van der Waals surface area contributed by atoms with Gasteiger partial charge in [-0.15, -0.1) is 0 Å². The molecular formula is C17H14FNO5. The van der Waals surface area contributed by atoms with Gasteiger partial charge in [0.15, 0.2) is 17.2 Å². The highest BCUT2D eigenvalue weighted by Crippen LogP contribution is 2.34. The van der Waals surface area contributed by atoms with Gasteiger partial charge in [-0.05, 0) is 36.4 Å². The van der Waals surface area contributed by atoms with Crippen molar-refractivity contribution in [2.24, 2.45) is 0 Å². The molecule has 24 heavy (non-hydrogen) atoms. The van der Waals surface area contributed by atoms with Gasteiger partial charge < -0.3 is 25.0 Å². The van der Waals surface area contributed by atoms with Crippen LogP contribution in [0.25, 0.3) is 22.2 Å². The second kappa shape index (κ2) is 6.11. The van der Waals surface area contributed by atoms with E-state index in [1.165, 1.54) is 36.4 Å². The van der Waals surface area contributed by atoms with Gasteiger partial charge in [0.2, 0.25) is 5.43 Å². The average Bonchev–Trinajstić information content (AvgIpc) is 2.58. The molecule has 0 radical (unpaired) electrons. The first-order valence-electron chi connectivity index (χ1n) is 7.11. The van der Waals surface area contributed by atoms with E-state index >= 15 is 0 Å². The van der Waals surface area contributed by atoms with Crippen molar-refractivity contribution in [2.75, 3.05) is 13.3 Å². The van der Waals surface area contributed by atoms with Crippen LogP contribution in [0.3, 0.4) is 0 Å². The largest absolute Gasteiger partial charge is 0.508 e. The van der Waals surface area contributed by atoms with E-state index in [0.29, 0.717) is 11.1 Å². The van der Waals surface area contributed by atoms with E-state index in [1.54, 1.807) is 0 Å². The molecule has 0 aliphatic carbocycles. The second-order valence-electron chi connectivity index (χ2n) is 5.13. The third-order valence-electron chi connectivity index (χ3n) is 3.54. The number of aromatic hydroxyl groups is 3. The zero-order chi connectivity index (χ0) is 17.3. The number of alkyl halides is 1. The van der Waals surface area contributed by atoms with Crippen molar-refractivity contribution >= 4 is 10.9 Å². The number of aromatic nitrogens is 1. The number of halogens is 1. The number of benzene rings is 2. The number of nitrogens with one attached hydrogen (secondary N) is 1. The van der Waals surface area contributed by atoms with Crippen molar-refractivity contribution in [3.63, 3.8) is 0 Å². The number of fused-ring (bicyclic) bond motifs is 1.